The topological polar surface area (TPSA) is 71.4 Å². The highest BCUT2D eigenvalue weighted by Gasteiger charge is 2.41. The molecule has 6 nitrogen and oxygen atoms in total. The molecule has 37 heavy (non-hydrogen) atoms. The van der Waals surface area contributed by atoms with Gasteiger partial charge in [0.2, 0.25) is 0 Å². The van der Waals surface area contributed by atoms with E-state index in [0.717, 1.165) is 39.1 Å². The number of hydrogen-bond donors (Lipinski definition) is 1. The van der Waals surface area contributed by atoms with E-state index in [9.17, 15) is 9.50 Å². The average Bonchev–Trinajstić information content (AvgIpc) is 2.89. The summed E-state index contributed by atoms with van der Waals surface area (Å²) in [4.78, 5) is 15.7. The molecule has 4 aromatic rings. The molecule has 2 saturated heterocycles. The van der Waals surface area contributed by atoms with Crippen LogP contribution in [0.5, 0.6) is 5.75 Å². The smallest absolute Gasteiger partial charge is 0.175 e. The van der Waals surface area contributed by atoms with Crippen LogP contribution in [0.1, 0.15) is 45.0 Å². The van der Waals surface area contributed by atoms with Crippen LogP contribution in [-0.4, -0.2) is 46.4 Å². The molecule has 4 heterocycles. The van der Waals surface area contributed by atoms with Gasteiger partial charge in [0, 0.05) is 30.3 Å². The Kier molecular flexibility index (Phi) is 6.70. The number of ether oxygens (including phenoxy) is 1. The third kappa shape index (κ3) is 4.27. The van der Waals surface area contributed by atoms with Crippen LogP contribution in [-0.2, 0) is 11.2 Å². The summed E-state index contributed by atoms with van der Waals surface area (Å²) in [7, 11) is 0. The van der Waals surface area contributed by atoms with Crippen molar-refractivity contribution < 1.29 is 18.6 Å². The number of hydrogen-bond acceptors (Lipinski definition) is 6. The summed E-state index contributed by atoms with van der Waals surface area (Å²) in [5.41, 5.74) is 1.29. The first-order valence-electron chi connectivity index (χ1n) is 13.0. The van der Waals surface area contributed by atoms with Gasteiger partial charge in [0.15, 0.2) is 5.82 Å². The van der Waals surface area contributed by atoms with Crippen molar-refractivity contribution in [3.05, 3.63) is 53.5 Å². The monoisotopic (exact) mass is 506 g/mol. The molecule has 2 aromatic carbocycles. The van der Waals surface area contributed by atoms with Crippen LogP contribution < -0.4 is 4.90 Å². The fourth-order valence-corrected chi connectivity index (χ4v) is 5.48. The number of aromatic hydroxyl groups is 1. The van der Waals surface area contributed by atoms with Gasteiger partial charge in [-0.3, -0.25) is 4.98 Å². The van der Waals surface area contributed by atoms with Crippen molar-refractivity contribution in [3.63, 3.8) is 0 Å². The van der Waals surface area contributed by atoms with Gasteiger partial charge in [-0.2, -0.15) is 0 Å². The Morgan fingerprint density at radius 2 is 1.81 bits per heavy atom. The number of aryl methyl sites for hydroxylation is 2. The van der Waals surface area contributed by atoms with Crippen LogP contribution in [0, 0.1) is 24.0 Å². The lowest BCUT2D eigenvalue weighted by Gasteiger charge is -2.47. The van der Waals surface area contributed by atoms with Gasteiger partial charge < -0.3 is 14.7 Å². The van der Waals surface area contributed by atoms with E-state index >= 15 is 4.39 Å². The number of benzene rings is 2. The summed E-state index contributed by atoms with van der Waals surface area (Å²) < 4.78 is 36.2. The average molecular weight is 507 g/mol. The van der Waals surface area contributed by atoms with Gasteiger partial charge in [0.1, 0.15) is 34.4 Å². The molecule has 0 aliphatic carbocycles. The highest BCUT2D eigenvalue weighted by Crippen LogP contribution is 2.41. The zero-order valence-corrected chi connectivity index (χ0v) is 21.7. The molecule has 194 valence electrons. The highest BCUT2D eigenvalue weighted by atomic mass is 19.1. The number of halogens is 2. The van der Waals surface area contributed by atoms with Crippen molar-refractivity contribution in [2.45, 2.75) is 47.0 Å². The van der Waals surface area contributed by atoms with Gasteiger partial charge in [-0.1, -0.05) is 26.8 Å². The predicted octanol–water partition coefficient (Wildman–Crippen LogP) is 6.34. The maximum Gasteiger partial charge on any atom is 0.175 e. The van der Waals surface area contributed by atoms with Crippen LogP contribution in [0.4, 0.5) is 14.6 Å². The molecule has 0 bridgehead atoms. The number of anilines is 1. The van der Waals surface area contributed by atoms with E-state index in [2.05, 4.69) is 19.9 Å². The number of pyridine rings is 1. The lowest BCUT2D eigenvalue weighted by molar-refractivity contribution is -0.124. The summed E-state index contributed by atoms with van der Waals surface area (Å²) >= 11 is 0. The molecule has 6 rings (SSSR count). The normalized spacial score (nSPS) is 16.5. The minimum Gasteiger partial charge on any atom is -0.508 e. The van der Waals surface area contributed by atoms with Crippen molar-refractivity contribution >= 4 is 27.5 Å². The molecule has 1 spiro atoms. The second kappa shape index (κ2) is 9.82. The minimum atomic E-state index is -0.603. The van der Waals surface area contributed by atoms with E-state index in [1.807, 2.05) is 20.8 Å². The van der Waals surface area contributed by atoms with E-state index < -0.39 is 5.82 Å². The largest absolute Gasteiger partial charge is 0.508 e. The molecule has 0 saturated carbocycles. The number of nitrogens with zero attached hydrogens (tertiary/aromatic N) is 4. The molecule has 8 heteroatoms. The molecule has 0 radical (unpaired) electrons. The molecular formula is C29H32F2N4O2. The Bertz CT molecular complexity index is 1480. The van der Waals surface area contributed by atoms with Gasteiger partial charge in [-0.05, 0) is 60.7 Å². The maximum atomic E-state index is 16.1. The minimum absolute atomic E-state index is 0.0342. The van der Waals surface area contributed by atoms with Crippen LogP contribution in [0.25, 0.3) is 32.9 Å². The number of aromatic nitrogens is 3. The predicted molar refractivity (Wildman–Crippen MR) is 142 cm³/mol. The number of rotatable bonds is 3. The lowest BCUT2D eigenvalue weighted by Crippen LogP contribution is -2.51. The highest BCUT2D eigenvalue weighted by molar-refractivity contribution is 6.01. The third-order valence-corrected chi connectivity index (χ3v) is 7.48. The number of phenols is 1. The van der Waals surface area contributed by atoms with Crippen molar-refractivity contribution in [2.75, 3.05) is 31.2 Å². The summed E-state index contributed by atoms with van der Waals surface area (Å²) in [6, 6.07) is 5.96. The summed E-state index contributed by atoms with van der Waals surface area (Å²) in [6.45, 7) is 10.8. The fraction of sp³-hybridized carbons (Fsp3) is 0.414. The van der Waals surface area contributed by atoms with Crippen LogP contribution >= 0.6 is 0 Å². The molecule has 0 atom stereocenters. The summed E-state index contributed by atoms with van der Waals surface area (Å²) in [6.07, 6.45) is 4.03. The van der Waals surface area contributed by atoms with Crippen LogP contribution in [0.2, 0.25) is 0 Å². The quantitative estimate of drug-likeness (QED) is 0.350. The first-order chi connectivity index (χ1) is 17.9. The first kappa shape index (κ1) is 25.3. The fourth-order valence-electron chi connectivity index (χ4n) is 5.48. The molecule has 1 N–H and O–H groups in total. The Morgan fingerprint density at radius 1 is 1.08 bits per heavy atom. The van der Waals surface area contributed by atoms with Crippen molar-refractivity contribution in [2.24, 2.45) is 5.41 Å². The van der Waals surface area contributed by atoms with Crippen LogP contribution in [0.3, 0.4) is 0 Å². The van der Waals surface area contributed by atoms with Crippen LogP contribution in [0.15, 0.2) is 30.5 Å². The molecule has 0 amide bonds. The zero-order valence-electron chi connectivity index (χ0n) is 21.7. The summed E-state index contributed by atoms with van der Waals surface area (Å²) in [5.74, 6) is 0.143. The maximum absolute atomic E-state index is 16.1. The van der Waals surface area contributed by atoms with E-state index in [1.165, 1.54) is 12.1 Å². The Hall–Kier alpha value is -3.39. The second-order valence-electron chi connectivity index (χ2n) is 9.73. The Morgan fingerprint density at radius 3 is 2.46 bits per heavy atom. The molecule has 2 aromatic heterocycles. The second-order valence-corrected chi connectivity index (χ2v) is 9.73. The van der Waals surface area contributed by atoms with E-state index in [1.54, 1.807) is 25.3 Å². The molecule has 2 aliphatic heterocycles. The summed E-state index contributed by atoms with van der Waals surface area (Å²) in [5, 5.41) is 12.1. The molecule has 0 unspecified atom stereocenters. The molecule has 2 aliphatic rings. The number of phenolic OH excluding ortho intramolecular Hbond substituents is 1. The number of piperidine rings is 1. The van der Waals surface area contributed by atoms with Crippen molar-refractivity contribution in [1.82, 2.24) is 15.0 Å². The molecule has 2 fully saturated rings. The molecular weight excluding hydrogens is 474 g/mol. The SMILES string of the molecule is CC.CCc1c(F)ccc2cc(O)cc(-c3ncc4c(N5CCC6(CC5)COC6)nc(C)nc4c3F)c12. The van der Waals surface area contributed by atoms with Crippen molar-refractivity contribution in [1.29, 1.82) is 0 Å². The number of fused-ring (bicyclic) bond motifs is 2. The zero-order chi connectivity index (χ0) is 26.3. The van der Waals surface area contributed by atoms with E-state index in [4.69, 9.17) is 4.74 Å². The Balaban J connectivity index is 0.00000137. The third-order valence-electron chi connectivity index (χ3n) is 7.48. The standard InChI is InChI=1S/C27H26F2N4O2.C2H6/c1-3-18-21(28)5-4-16-10-17(34)11-19(22(16)18)24-23(29)25-20(12-30-24)26(32-15(2)31-25)33-8-6-27(7-9-33)13-35-14-27;1-2/h4-5,10-12,34H,3,6-9,13-14H2,1-2H3;1-2H3. The van der Waals surface area contributed by atoms with Gasteiger partial charge in [0.25, 0.3) is 0 Å². The Labute approximate surface area is 215 Å². The van der Waals surface area contributed by atoms with Gasteiger partial charge in [0.05, 0.1) is 18.6 Å². The van der Waals surface area contributed by atoms with E-state index in [0.29, 0.717) is 45.3 Å². The van der Waals surface area contributed by atoms with E-state index in [-0.39, 0.29) is 28.2 Å². The van der Waals surface area contributed by atoms with Gasteiger partial charge in [-0.25, -0.2) is 18.7 Å². The van der Waals surface area contributed by atoms with Gasteiger partial charge >= 0.3 is 0 Å². The van der Waals surface area contributed by atoms with Crippen molar-refractivity contribution in [3.8, 4) is 17.0 Å². The van der Waals surface area contributed by atoms with Gasteiger partial charge in [-0.15, -0.1) is 0 Å². The lowest BCUT2D eigenvalue weighted by atomic mass is 9.77. The first-order valence-corrected chi connectivity index (χ1v) is 13.0.